The first kappa shape index (κ1) is 18.6. The summed E-state index contributed by atoms with van der Waals surface area (Å²) in [4.78, 5) is 10.00. The molecule has 19 heavy (non-hydrogen) atoms. The lowest BCUT2D eigenvalue weighted by Crippen LogP contribution is -1.98. The average molecular weight is 271 g/mol. The SMILES string of the molecule is COCOCCCCCCCCCCCCC[C]=O. The van der Waals surface area contributed by atoms with Gasteiger partial charge < -0.3 is 9.47 Å². The van der Waals surface area contributed by atoms with Gasteiger partial charge in [-0.1, -0.05) is 57.8 Å². The van der Waals surface area contributed by atoms with Crippen molar-refractivity contribution in [1.82, 2.24) is 0 Å². The maximum Gasteiger partial charge on any atom is 0.198 e. The molecule has 0 aliphatic heterocycles. The summed E-state index contributed by atoms with van der Waals surface area (Å²) in [6.07, 6.45) is 16.5. The minimum absolute atomic E-state index is 0.422. The fourth-order valence-corrected chi connectivity index (χ4v) is 2.13. The lowest BCUT2D eigenvalue weighted by atomic mass is 10.1. The fraction of sp³-hybridized carbons (Fsp3) is 0.938. The number of unbranched alkanes of at least 4 members (excludes halogenated alkanes) is 11. The maximum atomic E-state index is 10.00. The molecule has 0 unspecified atom stereocenters. The molecular formula is C16H31O3. The Morgan fingerprint density at radius 2 is 1.21 bits per heavy atom. The molecule has 0 atom stereocenters. The number of hydrogen-bond acceptors (Lipinski definition) is 3. The Kier molecular flexibility index (Phi) is 17.2. The lowest BCUT2D eigenvalue weighted by molar-refractivity contribution is -0.0315. The highest BCUT2D eigenvalue weighted by molar-refractivity contribution is 5.50. The quantitative estimate of drug-likeness (QED) is 0.308. The molecule has 0 heterocycles. The van der Waals surface area contributed by atoms with Crippen molar-refractivity contribution in [2.75, 3.05) is 20.5 Å². The van der Waals surface area contributed by atoms with Crippen molar-refractivity contribution in [3.05, 3.63) is 0 Å². The standard InChI is InChI=1S/C16H31O3/c1-18-16-19-15-13-11-9-7-5-3-2-4-6-8-10-12-14-17/h2-13,15-16H2,1H3. The van der Waals surface area contributed by atoms with E-state index in [4.69, 9.17) is 9.47 Å². The highest BCUT2D eigenvalue weighted by atomic mass is 16.7. The van der Waals surface area contributed by atoms with Crippen LogP contribution in [0.1, 0.15) is 77.0 Å². The summed E-state index contributed by atoms with van der Waals surface area (Å²) in [5.74, 6) is 0. The van der Waals surface area contributed by atoms with Crippen LogP contribution < -0.4 is 0 Å². The van der Waals surface area contributed by atoms with E-state index in [0.29, 0.717) is 13.2 Å². The van der Waals surface area contributed by atoms with Crippen LogP contribution >= 0.6 is 0 Å². The molecule has 113 valence electrons. The van der Waals surface area contributed by atoms with Crippen LogP contribution in [0.25, 0.3) is 0 Å². The van der Waals surface area contributed by atoms with Crippen LogP contribution in [0.3, 0.4) is 0 Å². The second kappa shape index (κ2) is 17.6. The second-order valence-electron chi connectivity index (χ2n) is 5.10. The molecule has 3 nitrogen and oxygen atoms in total. The van der Waals surface area contributed by atoms with Gasteiger partial charge in [0.15, 0.2) is 6.29 Å². The van der Waals surface area contributed by atoms with Crippen molar-refractivity contribution in [3.63, 3.8) is 0 Å². The molecule has 0 aromatic heterocycles. The molecule has 0 aliphatic carbocycles. The Morgan fingerprint density at radius 1 is 0.737 bits per heavy atom. The van der Waals surface area contributed by atoms with Gasteiger partial charge in [-0.2, -0.15) is 0 Å². The third-order valence-electron chi connectivity index (χ3n) is 3.27. The van der Waals surface area contributed by atoms with E-state index in [1.165, 1.54) is 57.8 Å². The Bertz CT molecular complexity index is 171. The topological polar surface area (TPSA) is 35.5 Å². The van der Waals surface area contributed by atoms with Gasteiger partial charge in [0.2, 0.25) is 0 Å². The molecule has 1 radical (unpaired) electrons. The molecule has 0 fully saturated rings. The molecule has 0 amide bonds. The number of ether oxygens (including phenoxy) is 2. The van der Waals surface area contributed by atoms with Gasteiger partial charge in [-0.05, 0) is 12.8 Å². The number of rotatable bonds is 16. The van der Waals surface area contributed by atoms with Crippen molar-refractivity contribution in [2.45, 2.75) is 77.0 Å². The first-order valence-corrected chi connectivity index (χ1v) is 7.83. The van der Waals surface area contributed by atoms with Crippen molar-refractivity contribution >= 4 is 6.29 Å². The second-order valence-corrected chi connectivity index (χ2v) is 5.10. The summed E-state index contributed by atoms with van der Waals surface area (Å²) in [7, 11) is 1.65. The van der Waals surface area contributed by atoms with Crippen LogP contribution in [-0.2, 0) is 14.3 Å². The fourth-order valence-electron chi connectivity index (χ4n) is 2.13. The number of carbonyl (C=O) groups excluding carboxylic acids is 1. The largest absolute Gasteiger partial charge is 0.359 e. The van der Waals surface area contributed by atoms with Crippen molar-refractivity contribution in [1.29, 1.82) is 0 Å². The molecule has 0 aliphatic rings. The first-order valence-electron chi connectivity index (χ1n) is 7.83. The van der Waals surface area contributed by atoms with Crippen molar-refractivity contribution < 1.29 is 14.3 Å². The van der Waals surface area contributed by atoms with Crippen molar-refractivity contribution in [2.24, 2.45) is 0 Å². The number of hydrogen-bond donors (Lipinski definition) is 0. The predicted octanol–water partition coefficient (Wildman–Crippen LogP) is 4.40. The molecule has 0 saturated heterocycles. The zero-order chi connectivity index (χ0) is 14.0. The van der Waals surface area contributed by atoms with E-state index in [9.17, 15) is 4.79 Å². The van der Waals surface area contributed by atoms with Crippen molar-refractivity contribution in [3.8, 4) is 0 Å². The minimum atomic E-state index is 0.422. The molecule has 3 heteroatoms. The summed E-state index contributed by atoms with van der Waals surface area (Å²) in [6, 6.07) is 0. The molecular weight excluding hydrogens is 240 g/mol. The van der Waals surface area contributed by atoms with Gasteiger partial charge in [0.1, 0.15) is 6.79 Å². The highest BCUT2D eigenvalue weighted by Gasteiger charge is 1.94. The van der Waals surface area contributed by atoms with Crippen LogP contribution in [0.5, 0.6) is 0 Å². The Hall–Kier alpha value is -0.410. The summed E-state index contributed by atoms with van der Waals surface area (Å²) in [5, 5.41) is 0. The van der Waals surface area contributed by atoms with Gasteiger partial charge in [-0.25, -0.2) is 0 Å². The van der Waals surface area contributed by atoms with Crippen LogP contribution in [0.15, 0.2) is 0 Å². The average Bonchev–Trinajstić information content (AvgIpc) is 2.43. The monoisotopic (exact) mass is 271 g/mol. The molecule has 0 aromatic rings. The zero-order valence-electron chi connectivity index (χ0n) is 12.6. The lowest BCUT2D eigenvalue weighted by Gasteiger charge is -2.03. The van der Waals surface area contributed by atoms with Gasteiger partial charge in [0, 0.05) is 20.1 Å². The van der Waals surface area contributed by atoms with Gasteiger partial charge in [0.25, 0.3) is 0 Å². The summed E-state index contributed by atoms with van der Waals surface area (Å²) < 4.78 is 10.1. The molecule has 0 aromatic carbocycles. The Labute approximate surface area is 119 Å². The maximum absolute atomic E-state index is 10.00. The van der Waals surface area contributed by atoms with Crippen LogP contribution in [-0.4, -0.2) is 26.8 Å². The molecule has 0 N–H and O–H groups in total. The Balaban J connectivity index is 2.89. The van der Waals surface area contributed by atoms with Crippen LogP contribution in [0.4, 0.5) is 0 Å². The van der Waals surface area contributed by atoms with Gasteiger partial charge in [0.05, 0.1) is 0 Å². The first-order chi connectivity index (χ1) is 9.41. The summed E-state index contributed by atoms with van der Waals surface area (Å²) in [5.41, 5.74) is 0. The summed E-state index contributed by atoms with van der Waals surface area (Å²) >= 11 is 0. The molecule has 0 saturated carbocycles. The molecule has 0 bridgehead atoms. The smallest absolute Gasteiger partial charge is 0.198 e. The van der Waals surface area contributed by atoms with E-state index in [2.05, 4.69) is 0 Å². The highest BCUT2D eigenvalue weighted by Crippen LogP contribution is 2.11. The van der Waals surface area contributed by atoms with Crippen LogP contribution in [0.2, 0.25) is 0 Å². The predicted molar refractivity (Wildman–Crippen MR) is 78.9 cm³/mol. The van der Waals surface area contributed by atoms with Gasteiger partial charge in [-0.15, -0.1) is 0 Å². The van der Waals surface area contributed by atoms with E-state index in [-0.39, 0.29) is 0 Å². The van der Waals surface area contributed by atoms with Gasteiger partial charge >= 0.3 is 0 Å². The molecule has 0 spiro atoms. The normalized spacial score (nSPS) is 10.8. The Morgan fingerprint density at radius 3 is 1.68 bits per heavy atom. The molecule has 0 rings (SSSR count). The third kappa shape index (κ3) is 17.6. The van der Waals surface area contributed by atoms with E-state index in [1.54, 1.807) is 7.11 Å². The van der Waals surface area contributed by atoms with Crippen LogP contribution in [0, 0.1) is 0 Å². The third-order valence-corrected chi connectivity index (χ3v) is 3.27. The van der Waals surface area contributed by atoms with E-state index in [0.717, 1.165) is 19.4 Å². The minimum Gasteiger partial charge on any atom is -0.359 e. The number of methoxy groups -OCH3 is 1. The van der Waals surface area contributed by atoms with E-state index < -0.39 is 0 Å². The van der Waals surface area contributed by atoms with Gasteiger partial charge in [-0.3, -0.25) is 4.79 Å². The zero-order valence-corrected chi connectivity index (χ0v) is 12.6. The summed E-state index contributed by atoms with van der Waals surface area (Å²) in [6.45, 7) is 1.25. The van der Waals surface area contributed by atoms with E-state index in [1.807, 2.05) is 6.29 Å². The van der Waals surface area contributed by atoms with E-state index >= 15 is 0 Å².